The van der Waals surface area contributed by atoms with Gasteiger partial charge in [0, 0.05) is 0 Å². The van der Waals surface area contributed by atoms with E-state index in [1.165, 1.54) is 5.56 Å². The lowest BCUT2D eigenvalue weighted by Crippen LogP contribution is -2.14. The first-order valence-corrected chi connectivity index (χ1v) is 5.29. The Bertz CT molecular complexity index is 517. The van der Waals surface area contributed by atoms with Crippen molar-refractivity contribution in [1.82, 2.24) is 10.1 Å². The number of carbonyl (C=O) groups is 1. The van der Waals surface area contributed by atoms with Crippen LogP contribution in [0.3, 0.4) is 0 Å². The fourth-order valence-electron chi connectivity index (χ4n) is 1.40. The fourth-order valence-corrected chi connectivity index (χ4v) is 1.40. The predicted molar refractivity (Wildman–Crippen MR) is 62.5 cm³/mol. The molecule has 0 aliphatic carbocycles. The normalized spacial score (nSPS) is 10.2. The number of nitrogens with one attached hydrogen (secondary N) is 1. The summed E-state index contributed by atoms with van der Waals surface area (Å²) in [5, 5.41) is 6.13. The minimum Gasteiger partial charge on any atom is -0.315 e. The quantitative estimate of drug-likeness (QED) is 0.875. The molecular weight excluding hydrogens is 218 g/mol. The molecule has 2 rings (SSSR count). The van der Waals surface area contributed by atoms with Gasteiger partial charge in [-0.15, -0.1) is 0 Å². The van der Waals surface area contributed by atoms with E-state index >= 15 is 0 Å². The van der Waals surface area contributed by atoms with E-state index in [4.69, 9.17) is 4.52 Å². The first-order chi connectivity index (χ1) is 8.13. The molecule has 0 fully saturated rings. The minimum absolute atomic E-state index is 0.139. The lowest BCUT2D eigenvalue weighted by Gasteiger charge is -2.01. The van der Waals surface area contributed by atoms with Gasteiger partial charge in [-0.05, 0) is 19.4 Å². The van der Waals surface area contributed by atoms with E-state index in [1.54, 1.807) is 6.92 Å². The molecule has 0 saturated carbocycles. The minimum atomic E-state index is -0.169. The third-order valence-corrected chi connectivity index (χ3v) is 2.26. The Morgan fingerprint density at radius 2 is 2.00 bits per heavy atom. The molecule has 2 aromatic rings. The molecule has 0 aliphatic rings. The second-order valence-corrected chi connectivity index (χ2v) is 3.86. The van der Waals surface area contributed by atoms with Crippen LogP contribution in [0.1, 0.15) is 17.0 Å². The molecule has 0 saturated heterocycles. The molecule has 0 bridgehead atoms. The van der Waals surface area contributed by atoms with Gasteiger partial charge in [-0.1, -0.05) is 35.0 Å². The Hall–Kier alpha value is -2.17. The molecule has 88 valence electrons. The van der Waals surface area contributed by atoms with Crippen molar-refractivity contribution < 1.29 is 9.32 Å². The SMILES string of the molecule is Cc1ccc(CC(=O)Nc2nc(C)no2)cc1. The maximum Gasteiger partial charge on any atom is 0.328 e. The van der Waals surface area contributed by atoms with E-state index in [9.17, 15) is 4.79 Å². The maximum absolute atomic E-state index is 11.6. The van der Waals surface area contributed by atoms with Crippen LogP contribution in [0.5, 0.6) is 0 Å². The summed E-state index contributed by atoms with van der Waals surface area (Å²) >= 11 is 0. The van der Waals surface area contributed by atoms with Crippen LogP contribution in [-0.2, 0) is 11.2 Å². The molecule has 1 amide bonds. The molecule has 1 aromatic heterocycles. The van der Waals surface area contributed by atoms with E-state index in [0.717, 1.165) is 5.56 Å². The average Bonchev–Trinajstić information content (AvgIpc) is 2.67. The topological polar surface area (TPSA) is 68.0 Å². The monoisotopic (exact) mass is 231 g/mol. The van der Waals surface area contributed by atoms with Crippen molar-refractivity contribution in [2.45, 2.75) is 20.3 Å². The first-order valence-electron chi connectivity index (χ1n) is 5.29. The standard InChI is InChI=1S/C12H13N3O2/c1-8-3-5-10(6-4-8)7-11(16)14-12-13-9(2)15-17-12/h3-6H,7H2,1-2H3,(H,13,14,15,16). The van der Waals surface area contributed by atoms with Gasteiger partial charge in [0.1, 0.15) is 0 Å². The molecule has 0 aliphatic heterocycles. The summed E-state index contributed by atoms with van der Waals surface area (Å²) in [6.07, 6.45) is 0.293. The largest absolute Gasteiger partial charge is 0.328 e. The Morgan fingerprint density at radius 3 is 2.59 bits per heavy atom. The van der Waals surface area contributed by atoms with Gasteiger partial charge in [0.05, 0.1) is 6.42 Å². The van der Waals surface area contributed by atoms with Crippen molar-refractivity contribution in [2.75, 3.05) is 5.32 Å². The number of benzene rings is 1. The molecular formula is C12H13N3O2. The summed E-state index contributed by atoms with van der Waals surface area (Å²) in [5.41, 5.74) is 2.12. The summed E-state index contributed by atoms with van der Waals surface area (Å²) in [6, 6.07) is 7.93. The first kappa shape index (κ1) is 11.3. The number of hydrogen-bond acceptors (Lipinski definition) is 4. The van der Waals surface area contributed by atoms with Crippen LogP contribution in [0.2, 0.25) is 0 Å². The second-order valence-electron chi connectivity index (χ2n) is 3.86. The summed E-state index contributed by atoms with van der Waals surface area (Å²) in [4.78, 5) is 15.5. The van der Waals surface area contributed by atoms with Crippen molar-refractivity contribution in [3.05, 3.63) is 41.2 Å². The van der Waals surface area contributed by atoms with Gasteiger partial charge in [0.2, 0.25) is 5.91 Å². The van der Waals surface area contributed by atoms with Crippen LogP contribution >= 0.6 is 0 Å². The summed E-state index contributed by atoms with van der Waals surface area (Å²) in [7, 11) is 0. The number of nitrogens with zero attached hydrogens (tertiary/aromatic N) is 2. The van der Waals surface area contributed by atoms with Gasteiger partial charge in [-0.3, -0.25) is 10.1 Å². The van der Waals surface area contributed by atoms with Crippen LogP contribution < -0.4 is 5.32 Å². The molecule has 1 aromatic carbocycles. The molecule has 5 nitrogen and oxygen atoms in total. The van der Waals surface area contributed by atoms with Crippen molar-refractivity contribution in [3.8, 4) is 0 Å². The van der Waals surface area contributed by atoms with Crippen LogP contribution in [0.25, 0.3) is 0 Å². The number of aromatic nitrogens is 2. The highest BCUT2D eigenvalue weighted by atomic mass is 16.5. The average molecular weight is 231 g/mol. The highest BCUT2D eigenvalue weighted by molar-refractivity contribution is 5.90. The summed E-state index contributed by atoms with van der Waals surface area (Å²) in [6.45, 7) is 3.70. The molecule has 0 atom stereocenters. The third kappa shape index (κ3) is 3.14. The third-order valence-electron chi connectivity index (χ3n) is 2.26. The van der Waals surface area contributed by atoms with Gasteiger partial charge >= 0.3 is 6.01 Å². The van der Waals surface area contributed by atoms with Crippen molar-refractivity contribution in [2.24, 2.45) is 0 Å². The zero-order chi connectivity index (χ0) is 12.3. The Balaban J connectivity index is 1.95. The van der Waals surface area contributed by atoms with Crippen LogP contribution in [0, 0.1) is 13.8 Å². The number of anilines is 1. The fraction of sp³-hybridized carbons (Fsp3) is 0.250. The number of aryl methyl sites for hydroxylation is 2. The van der Waals surface area contributed by atoms with Gasteiger partial charge in [0.15, 0.2) is 5.82 Å². The molecule has 17 heavy (non-hydrogen) atoms. The lowest BCUT2D eigenvalue weighted by atomic mass is 10.1. The van der Waals surface area contributed by atoms with E-state index in [0.29, 0.717) is 12.2 Å². The van der Waals surface area contributed by atoms with E-state index in [-0.39, 0.29) is 11.9 Å². The van der Waals surface area contributed by atoms with E-state index < -0.39 is 0 Å². The molecule has 0 unspecified atom stereocenters. The lowest BCUT2D eigenvalue weighted by molar-refractivity contribution is -0.115. The van der Waals surface area contributed by atoms with Crippen LogP contribution in [0.15, 0.2) is 28.8 Å². The molecule has 1 N–H and O–H groups in total. The van der Waals surface area contributed by atoms with Crippen LogP contribution in [0.4, 0.5) is 6.01 Å². The van der Waals surface area contributed by atoms with E-state index in [1.807, 2.05) is 31.2 Å². The molecule has 0 radical (unpaired) electrons. The second kappa shape index (κ2) is 4.78. The smallest absolute Gasteiger partial charge is 0.315 e. The van der Waals surface area contributed by atoms with Crippen molar-refractivity contribution in [3.63, 3.8) is 0 Å². The molecule has 5 heteroatoms. The van der Waals surface area contributed by atoms with E-state index in [2.05, 4.69) is 15.5 Å². The predicted octanol–water partition coefficient (Wildman–Crippen LogP) is 1.87. The number of rotatable bonds is 3. The van der Waals surface area contributed by atoms with Gasteiger partial charge in [-0.25, -0.2) is 0 Å². The van der Waals surface area contributed by atoms with Crippen molar-refractivity contribution >= 4 is 11.9 Å². The Labute approximate surface area is 98.8 Å². The van der Waals surface area contributed by atoms with Crippen molar-refractivity contribution in [1.29, 1.82) is 0 Å². The molecule has 0 spiro atoms. The maximum atomic E-state index is 11.6. The Morgan fingerprint density at radius 1 is 1.29 bits per heavy atom. The Kier molecular flexibility index (Phi) is 3.18. The zero-order valence-corrected chi connectivity index (χ0v) is 9.73. The number of carbonyl (C=O) groups excluding carboxylic acids is 1. The molecule has 1 heterocycles. The van der Waals surface area contributed by atoms with Gasteiger partial charge < -0.3 is 4.52 Å². The highest BCUT2D eigenvalue weighted by Crippen LogP contribution is 2.06. The van der Waals surface area contributed by atoms with Gasteiger partial charge in [-0.2, -0.15) is 4.98 Å². The van der Waals surface area contributed by atoms with Crippen LogP contribution in [-0.4, -0.2) is 16.0 Å². The highest BCUT2D eigenvalue weighted by Gasteiger charge is 2.08. The zero-order valence-electron chi connectivity index (χ0n) is 9.73. The number of amides is 1. The number of hydrogen-bond donors (Lipinski definition) is 1. The van der Waals surface area contributed by atoms with Gasteiger partial charge in [0.25, 0.3) is 0 Å². The summed E-state index contributed by atoms with van der Waals surface area (Å²) in [5.74, 6) is 0.327. The summed E-state index contributed by atoms with van der Waals surface area (Å²) < 4.78 is 4.80.